The molecule has 0 atom stereocenters. The molecule has 0 spiro atoms. The van der Waals surface area contributed by atoms with Crippen molar-refractivity contribution in [3.8, 4) is 0 Å². The predicted molar refractivity (Wildman–Crippen MR) is 70.9 cm³/mol. The van der Waals surface area contributed by atoms with E-state index in [0.29, 0.717) is 6.54 Å². The Morgan fingerprint density at radius 2 is 2.16 bits per heavy atom. The molecule has 1 aliphatic carbocycles. The summed E-state index contributed by atoms with van der Waals surface area (Å²) in [5, 5.41) is 14.5. The van der Waals surface area contributed by atoms with Gasteiger partial charge in [-0.3, -0.25) is 9.78 Å². The third-order valence-corrected chi connectivity index (χ3v) is 4.12. The molecule has 2 rings (SSSR count). The number of nitrogens with one attached hydrogen (secondary N) is 2. The van der Waals surface area contributed by atoms with Gasteiger partial charge >= 0.3 is 12.0 Å². The molecule has 2 amide bonds. The Hall–Kier alpha value is -1.63. The molecule has 1 heterocycles. The van der Waals surface area contributed by atoms with Gasteiger partial charge in [-0.2, -0.15) is 0 Å². The van der Waals surface area contributed by atoms with E-state index in [1.165, 1.54) is 11.3 Å². The van der Waals surface area contributed by atoms with E-state index in [2.05, 4.69) is 15.6 Å². The van der Waals surface area contributed by atoms with Crippen LogP contribution in [0.25, 0.3) is 0 Å². The monoisotopic (exact) mass is 283 g/mol. The number of carbonyl (C=O) groups is 2. The average Bonchev–Trinajstić information content (AvgIpc) is 2.97. The van der Waals surface area contributed by atoms with Crippen LogP contribution in [0.3, 0.4) is 0 Å². The fourth-order valence-electron chi connectivity index (χ4n) is 2.47. The van der Waals surface area contributed by atoms with Crippen LogP contribution in [-0.2, 0) is 11.3 Å². The molecule has 1 aliphatic rings. The number of hydrogen-bond acceptors (Lipinski definition) is 4. The minimum absolute atomic E-state index is 0.0129. The molecular weight excluding hydrogens is 266 g/mol. The van der Waals surface area contributed by atoms with Crippen LogP contribution in [0.4, 0.5) is 4.79 Å². The Balaban J connectivity index is 1.86. The third-order valence-electron chi connectivity index (χ3n) is 3.34. The van der Waals surface area contributed by atoms with Gasteiger partial charge in [0.05, 0.1) is 24.0 Å². The largest absolute Gasteiger partial charge is 0.481 e. The van der Waals surface area contributed by atoms with Gasteiger partial charge in [-0.15, -0.1) is 11.3 Å². The second-order valence-corrected chi connectivity index (χ2v) is 5.80. The normalized spacial score (nSPS) is 17.1. The van der Waals surface area contributed by atoms with Gasteiger partial charge in [0.1, 0.15) is 0 Å². The number of aliphatic carboxylic acids is 1. The zero-order valence-electron chi connectivity index (χ0n) is 10.5. The summed E-state index contributed by atoms with van der Waals surface area (Å²) in [7, 11) is 0. The molecule has 1 aromatic heterocycles. The fraction of sp³-hybridized carbons (Fsp3) is 0.583. The minimum Gasteiger partial charge on any atom is -0.481 e. The molecule has 0 aliphatic heterocycles. The average molecular weight is 283 g/mol. The molecule has 0 bridgehead atoms. The van der Waals surface area contributed by atoms with Gasteiger partial charge in [-0.25, -0.2) is 4.79 Å². The standard InChI is InChI=1S/C12H17N3O3S/c16-10(17)5-12(3-1-2-4-12)15-11(18)14-7-9-6-13-8-19-9/h6,8H,1-5,7H2,(H,16,17)(H2,14,15,18). The molecular formula is C12H17N3O3S. The maximum atomic E-state index is 11.8. The zero-order chi connectivity index (χ0) is 13.7. The first-order valence-electron chi connectivity index (χ1n) is 6.25. The van der Waals surface area contributed by atoms with E-state index in [0.717, 1.165) is 30.6 Å². The van der Waals surface area contributed by atoms with Gasteiger partial charge < -0.3 is 15.7 Å². The van der Waals surface area contributed by atoms with Crippen LogP contribution < -0.4 is 10.6 Å². The number of carbonyl (C=O) groups excluding carboxylic acids is 1. The van der Waals surface area contributed by atoms with Crippen molar-refractivity contribution < 1.29 is 14.7 Å². The molecule has 0 saturated heterocycles. The SMILES string of the molecule is O=C(O)CC1(NC(=O)NCc2cncs2)CCCC1. The minimum atomic E-state index is -0.871. The zero-order valence-corrected chi connectivity index (χ0v) is 11.3. The number of carboxylic acids is 1. The topological polar surface area (TPSA) is 91.3 Å². The molecule has 104 valence electrons. The highest BCUT2D eigenvalue weighted by atomic mass is 32.1. The van der Waals surface area contributed by atoms with Crippen LogP contribution in [-0.4, -0.2) is 27.6 Å². The second-order valence-electron chi connectivity index (χ2n) is 4.83. The van der Waals surface area contributed by atoms with Crippen molar-refractivity contribution >= 4 is 23.3 Å². The van der Waals surface area contributed by atoms with Crippen molar-refractivity contribution in [1.29, 1.82) is 0 Å². The molecule has 19 heavy (non-hydrogen) atoms. The van der Waals surface area contributed by atoms with E-state index < -0.39 is 11.5 Å². The van der Waals surface area contributed by atoms with Crippen LogP contribution in [0, 0.1) is 0 Å². The molecule has 0 radical (unpaired) electrons. The Morgan fingerprint density at radius 1 is 1.42 bits per heavy atom. The number of amides is 2. The number of urea groups is 1. The summed E-state index contributed by atoms with van der Waals surface area (Å²) in [5.74, 6) is -0.871. The van der Waals surface area contributed by atoms with E-state index in [-0.39, 0.29) is 12.5 Å². The summed E-state index contributed by atoms with van der Waals surface area (Å²) in [5.41, 5.74) is 1.13. The summed E-state index contributed by atoms with van der Waals surface area (Å²) in [6.07, 6.45) is 5.07. The Bertz CT molecular complexity index is 441. The molecule has 1 fully saturated rings. The smallest absolute Gasteiger partial charge is 0.315 e. The number of hydrogen-bond donors (Lipinski definition) is 3. The Kier molecular flexibility index (Phi) is 4.36. The number of thiazole rings is 1. The van der Waals surface area contributed by atoms with E-state index in [4.69, 9.17) is 5.11 Å². The summed E-state index contributed by atoms with van der Waals surface area (Å²) < 4.78 is 0. The van der Waals surface area contributed by atoms with Crippen LogP contribution in [0.5, 0.6) is 0 Å². The number of nitrogens with zero attached hydrogens (tertiary/aromatic N) is 1. The van der Waals surface area contributed by atoms with Crippen LogP contribution in [0.1, 0.15) is 37.0 Å². The lowest BCUT2D eigenvalue weighted by molar-refractivity contribution is -0.138. The van der Waals surface area contributed by atoms with Crippen LogP contribution in [0.2, 0.25) is 0 Å². The van der Waals surface area contributed by atoms with E-state index in [9.17, 15) is 9.59 Å². The fourth-order valence-corrected chi connectivity index (χ4v) is 3.00. The van der Waals surface area contributed by atoms with Crippen molar-refractivity contribution in [2.45, 2.75) is 44.2 Å². The number of carboxylic acid groups (broad SMARTS) is 1. The number of aromatic nitrogens is 1. The van der Waals surface area contributed by atoms with Gasteiger partial charge in [0.25, 0.3) is 0 Å². The second kappa shape index (κ2) is 6.01. The van der Waals surface area contributed by atoms with Crippen molar-refractivity contribution in [2.75, 3.05) is 0 Å². The summed E-state index contributed by atoms with van der Waals surface area (Å²) in [6.45, 7) is 0.416. The molecule has 1 aromatic rings. The predicted octanol–water partition coefficient (Wildman–Crippen LogP) is 1.73. The number of rotatable bonds is 5. The molecule has 3 N–H and O–H groups in total. The highest BCUT2D eigenvalue weighted by molar-refractivity contribution is 7.09. The third kappa shape index (κ3) is 3.92. The first-order chi connectivity index (χ1) is 9.10. The Labute approximate surface area is 115 Å². The lowest BCUT2D eigenvalue weighted by Crippen LogP contribution is -2.51. The quantitative estimate of drug-likeness (QED) is 0.767. The van der Waals surface area contributed by atoms with E-state index in [1.54, 1.807) is 11.7 Å². The van der Waals surface area contributed by atoms with Gasteiger partial charge in [0, 0.05) is 11.1 Å². The van der Waals surface area contributed by atoms with Gasteiger partial charge in [-0.05, 0) is 12.8 Å². The van der Waals surface area contributed by atoms with E-state index in [1.807, 2.05) is 0 Å². The van der Waals surface area contributed by atoms with Crippen molar-refractivity contribution in [1.82, 2.24) is 15.6 Å². The van der Waals surface area contributed by atoms with Crippen LogP contribution >= 0.6 is 11.3 Å². The van der Waals surface area contributed by atoms with Crippen molar-refractivity contribution in [3.63, 3.8) is 0 Å². The highest BCUT2D eigenvalue weighted by Gasteiger charge is 2.37. The van der Waals surface area contributed by atoms with Crippen molar-refractivity contribution in [2.24, 2.45) is 0 Å². The first-order valence-corrected chi connectivity index (χ1v) is 7.13. The molecule has 0 aromatic carbocycles. The van der Waals surface area contributed by atoms with Crippen molar-refractivity contribution in [3.05, 3.63) is 16.6 Å². The van der Waals surface area contributed by atoms with Gasteiger partial charge in [0.15, 0.2) is 0 Å². The lowest BCUT2D eigenvalue weighted by atomic mass is 9.93. The molecule has 0 unspecified atom stereocenters. The van der Waals surface area contributed by atoms with E-state index >= 15 is 0 Å². The highest BCUT2D eigenvalue weighted by Crippen LogP contribution is 2.32. The summed E-state index contributed by atoms with van der Waals surface area (Å²) in [4.78, 5) is 27.7. The first kappa shape index (κ1) is 13.8. The van der Waals surface area contributed by atoms with Crippen LogP contribution in [0.15, 0.2) is 11.7 Å². The Morgan fingerprint density at radius 3 is 2.74 bits per heavy atom. The molecule has 1 saturated carbocycles. The van der Waals surface area contributed by atoms with Gasteiger partial charge in [-0.1, -0.05) is 12.8 Å². The molecule has 6 nitrogen and oxygen atoms in total. The molecule has 7 heteroatoms. The maximum absolute atomic E-state index is 11.8. The summed E-state index contributed by atoms with van der Waals surface area (Å²) in [6, 6.07) is -0.309. The van der Waals surface area contributed by atoms with Gasteiger partial charge in [0.2, 0.25) is 0 Å². The maximum Gasteiger partial charge on any atom is 0.315 e. The summed E-state index contributed by atoms with van der Waals surface area (Å²) >= 11 is 1.47. The lowest BCUT2D eigenvalue weighted by Gasteiger charge is -2.28.